The highest BCUT2D eigenvalue weighted by Gasteiger charge is 1.97. The first-order chi connectivity index (χ1) is 6.84. The topological polar surface area (TPSA) is 39.1 Å². The second-order valence-electron chi connectivity index (χ2n) is 3.29. The number of methoxy groups -OCH3 is 1. The summed E-state index contributed by atoms with van der Waals surface area (Å²) in [5.74, 6) is 0. The molecular weight excluding hydrogens is 178 g/mol. The van der Waals surface area contributed by atoms with Crippen LogP contribution in [0.15, 0.2) is 12.3 Å². The van der Waals surface area contributed by atoms with E-state index in [0.717, 1.165) is 32.5 Å². The molecule has 0 amide bonds. The average molecular weight is 197 g/mol. The fourth-order valence-electron chi connectivity index (χ4n) is 1.34. The number of ether oxygens (including phenoxy) is 1. The maximum Gasteiger partial charge on any atom is 0.0587 e. The summed E-state index contributed by atoms with van der Waals surface area (Å²) in [5, 5.41) is 7.43. The van der Waals surface area contributed by atoms with Gasteiger partial charge in [0.2, 0.25) is 0 Å². The Morgan fingerprint density at radius 1 is 1.50 bits per heavy atom. The molecule has 4 heteroatoms. The monoisotopic (exact) mass is 197 g/mol. The first-order valence-electron chi connectivity index (χ1n) is 5.01. The van der Waals surface area contributed by atoms with Gasteiger partial charge in [0, 0.05) is 32.6 Å². The van der Waals surface area contributed by atoms with Gasteiger partial charge in [-0.25, -0.2) is 0 Å². The van der Waals surface area contributed by atoms with Crippen LogP contribution in [0.2, 0.25) is 0 Å². The third-order valence-electron chi connectivity index (χ3n) is 2.19. The molecule has 0 bridgehead atoms. The molecule has 1 heterocycles. The molecular formula is C10H19N3O. The zero-order valence-electron chi connectivity index (χ0n) is 8.99. The van der Waals surface area contributed by atoms with Crippen molar-refractivity contribution in [1.29, 1.82) is 0 Å². The SMILES string of the molecule is COCCNCCCc1ccnn1C. The molecule has 1 rings (SSSR count). The van der Waals surface area contributed by atoms with Gasteiger partial charge >= 0.3 is 0 Å². The number of nitrogens with zero attached hydrogens (tertiary/aromatic N) is 2. The smallest absolute Gasteiger partial charge is 0.0587 e. The standard InChI is InChI=1S/C10H19N3O/c1-13-10(5-7-12-13)4-3-6-11-8-9-14-2/h5,7,11H,3-4,6,8-9H2,1-2H3. The van der Waals surface area contributed by atoms with Crippen molar-refractivity contribution in [2.75, 3.05) is 26.8 Å². The molecule has 0 unspecified atom stereocenters. The van der Waals surface area contributed by atoms with Crippen LogP contribution < -0.4 is 5.32 Å². The minimum absolute atomic E-state index is 0.783. The summed E-state index contributed by atoms with van der Waals surface area (Å²) in [6.07, 6.45) is 4.06. The van der Waals surface area contributed by atoms with E-state index in [1.54, 1.807) is 7.11 Å². The number of hydrogen-bond acceptors (Lipinski definition) is 3. The van der Waals surface area contributed by atoms with E-state index in [9.17, 15) is 0 Å². The predicted molar refractivity (Wildman–Crippen MR) is 56.3 cm³/mol. The third-order valence-corrected chi connectivity index (χ3v) is 2.19. The van der Waals surface area contributed by atoms with E-state index < -0.39 is 0 Å². The number of aromatic nitrogens is 2. The van der Waals surface area contributed by atoms with Crippen molar-refractivity contribution in [3.63, 3.8) is 0 Å². The zero-order valence-corrected chi connectivity index (χ0v) is 8.99. The molecule has 14 heavy (non-hydrogen) atoms. The Labute approximate surface area is 85.3 Å². The Morgan fingerprint density at radius 3 is 3.00 bits per heavy atom. The van der Waals surface area contributed by atoms with Crippen molar-refractivity contribution in [3.8, 4) is 0 Å². The first-order valence-corrected chi connectivity index (χ1v) is 5.01. The molecule has 0 aliphatic carbocycles. The minimum Gasteiger partial charge on any atom is -0.383 e. The van der Waals surface area contributed by atoms with Gasteiger partial charge in [0.15, 0.2) is 0 Å². The van der Waals surface area contributed by atoms with Gasteiger partial charge in [-0.3, -0.25) is 4.68 Å². The van der Waals surface area contributed by atoms with Gasteiger partial charge in [-0.15, -0.1) is 0 Å². The van der Waals surface area contributed by atoms with Crippen molar-refractivity contribution in [1.82, 2.24) is 15.1 Å². The van der Waals surface area contributed by atoms with Gasteiger partial charge in [0.05, 0.1) is 6.61 Å². The lowest BCUT2D eigenvalue weighted by molar-refractivity contribution is 0.199. The fourth-order valence-corrected chi connectivity index (χ4v) is 1.34. The highest BCUT2D eigenvalue weighted by atomic mass is 16.5. The molecule has 0 spiro atoms. The van der Waals surface area contributed by atoms with E-state index in [1.165, 1.54) is 5.69 Å². The molecule has 0 saturated carbocycles. The number of nitrogens with one attached hydrogen (secondary N) is 1. The summed E-state index contributed by atoms with van der Waals surface area (Å²) in [4.78, 5) is 0. The summed E-state index contributed by atoms with van der Waals surface area (Å²) in [5.41, 5.74) is 1.29. The van der Waals surface area contributed by atoms with Crippen LogP contribution in [-0.4, -0.2) is 36.6 Å². The quantitative estimate of drug-likeness (QED) is 0.650. The molecule has 0 aliphatic rings. The highest BCUT2D eigenvalue weighted by molar-refractivity contribution is 4.99. The van der Waals surface area contributed by atoms with Gasteiger partial charge in [0.25, 0.3) is 0 Å². The maximum atomic E-state index is 4.94. The van der Waals surface area contributed by atoms with Crippen molar-refractivity contribution in [2.24, 2.45) is 7.05 Å². The molecule has 1 aromatic rings. The minimum atomic E-state index is 0.783. The van der Waals surface area contributed by atoms with Crippen LogP contribution in [0.1, 0.15) is 12.1 Å². The van der Waals surface area contributed by atoms with E-state index in [-0.39, 0.29) is 0 Å². The molecule has 0 aliphatic heterocycles. The Morgan fingerprint density at radius 2 is 2.36 bits per heavy atom. The molecule has 0 radical (unpaired) electrons. The molecule has 4 nitrogen and oxygen atoms in total. The summed E-state index contributed by atoms with van der Waals surface area (Å²) in [6.45, 7) is 2.75. The van der Waals surface area contributed by atoms with Crippen LogP contribution in [0, 0.1) is 0 Å². The molecule has 1 aromatic heterocycles. The maximum absolute atomic E-state index is 4.94. The Bertz CT molecular complexity index is 247. The molecule has 0 fully saturated rings. The van der Waals surface area contributed by atoms with Crippen molar-refractivity contribution < 1.29 is 4.74 Å². The average Bonchev–Trinajstić information content (AvgIpc) is 2.58. The lowest BCUT2D eigenvalue weighted by Crippen LogP contribution is -2.20. The van der Waals surface area contributed by atoms with E-state index in [2.05, 4.69) is 16.5 Å². The van der Waals surface area contributed by atoms with Crippen LogP contribution in [-0.2, 0) is 18.2 Å². The van der Waals surface area contributed by atoms with Gasteiger partial charge in [-0.2, -0.15) is 5.10 Å². The van der Waals surface area contributed by atoms with E-state index in [0.29, 0.717) is 0 Å². The number of rotatable bonds is 7. The van der Waals surface area contributed by atoms with E-state index in [4.69, 9.17) is 4.74 Å². The highest BCUT2D eigenvalue weighted by Crippen LogP contribution is 1.99. The second-order valence-corrected chi connectivity index (χ2v) is 3.29. The fraction of sp³-hybridized carbons (Fsp3) is 0.700. The summed E-state index contributed by atoms with van der Waals surface area (Å²) < 4.78 is 6.86. The molecule has 0 atom stereocenters. The molecule has 0 aromatic carbocycles. The van der Waals surface area contributed by atoms with Gasteiger partial charge in [-0.05, 0) is 25.5 Å². The van der Waals surface area contributed by atoms with Gasteiger partial charge in [-0.1, -0.05) is 0 Å². The zero-order chi connectivity index (χ0) is 10.2. The van der Waals surface area contributed by atoms with E-state index >= 15 is 0 Å². The lowest BCUT2D eigenvalue weighted by Gasteiger charge is -2.04. The van der Waals surface area contributed by atoms with Gasteiger partial charge < -0.3 is 10.1 Å². The largest absolute Gasteiger partial charge is 0.383 e. The number of hydrogen-bond donors (Lipinski definition) is 1. The summed E-state index contributed by atoms with van der Waals surface area (Å²) in [6, 6.07) is 2.06. The molecule has 1 N–H and O–H groups in total. The van der Waals surface area contributed by atoms with Crippen LogP contribution >= 0.6 is 0 Å². The normalized spacial score (nSPS) is 10.7. The predicted octanol–water partition coefficient (Wildman–Crippen LogP) is 0.589. The van der Waals surface area contributed by atoms with E-state index in [1.807, 2.05) is 17.9 Å². The van der Waals surface area contributed by atoms with Gasteiger partial charge in [0.1, 0.15) is 0 Å². The third kappa shape index (κ3) is 3.89. The van der Waals surface area contributed by atoms with Crippen molar-refractivity contribution in [2.45, 2.75) is 12.8 Å². The van der Waals surface area contributed by atoms with Crippen LogP contribution in [0.4, 0.5) is 0 Å². The van der Waals surface area contributed by atoms with Crippen LogP contribution in [0.5, 0.6) is 0 Å². The van der Waals surface area contributed by atoms with Crippen molar-refractivity contribution in [3.05, 3.63) is 18.0 Å². The van der Waals surface area contributed by atoms with Crippen LogP contribution in [0.25, 0.3) is 0 Å². The Hall–Kier alpha value is -0.870. The van der Waals surface area contributed by atoms with Crippen LogP contribution in [0.3, 0.4) is 0 Å². The molecule has 0 saturated heterocycles. The number of aryl methyl sites for hydroxylation is 2. The Balaban J connectivity index is 2.02. The summed E-state index contributed by atoms with van der Waals surface area (Å²) in [7, 11) is 3.70. The second kappa shape index (κ2) is 6.56. The summed E-state index contributed by atoms with van der Waals surface area (Å²) >= 11 is 0. The Kier molecular flexibility index (Phi) is 5.25. The molecule has 80 valence electrons. The lowest BCUT2D eigenvalue weighted by atomic mass is 10.2. The first kappa shape index (κ1) is 11.2. The van der Waals surface area contributed by atoms with Crippen molar-refractivity contribution >= 4 is 0 Å².